The zero-order chi connectivity index (χ0) is 22.1. The maximum absolute atomic E-state index is 12.8. The second-order valence-corrected chi connectivity index (χ2v) is 8.01. The Morgan fingerprint density at radius 3 is 2.13 bits per heavy atom. The Labute approximate surface area is 179 Å². The fraction of sp³-hybridized carbons (Fsp3) is 0.417. The lowest BCUT2D eigenvalue weighted by molar-refractivity contribution is -0.131. The number of carbonyl (C=O) groups is 2. The van der Waals surface area contributed by atoms with E-state index in [1.54, 1.807) is 31.2 Å². The van der Waals surface area contributed by atoms with Crippen molar-refractivity contribution >= 4 is 11.8 Å². The lowest BCUT2D eigenvalue weighted by Crippen LogP contribution is -2.53. The van der Waals surface area contributed by atoms with Gasteiger partial charge in [-0.1, -0.05) is 42.5 Å². The monoisotopic (exact) mass is 411 g/mol. The molecule has 6 nitrogen and oxygen atoms in total. The smallest absolute Gasteiger partial charge is 0.242 e. The summed E-state index contributed by atoms with van der Waals surface area (Å²) in [6.07, 6.45) is 2.21. The van der Waals surface area contributed by atoms with Crippen LogP contribution >= 0.6 is 0 Å². The number of aryl methyl sites for hydroxylation is 1. The van der Waals surface area contributed by atoms with Crippen LogP contribution in [0.5, 0.6) is 5.75 Å². The first kappa shape index (κ1) is 23.4. The first-order chi connectivity index (χ1) is 14.3. The standard InChI is InChI=1S/C24H33N3O3/c1-17(10-11-19-8-6-5-7-9-19)25-23(29)18(2)26-24(30)22(27(3)4)16-20-12-14-21(28)15-13-20/h5-9,12-15,17-18,22,28H,10-11,16H2,1-4H3,(H,25,29)(H,26,30)/t17?,18-,22+/m1/s1. The summed E-state index contributed by atoms with van der Waals surface area (Å²) in [6.45, 7) is 3.67. The van der Waals surface area contributed by atoms with Gasteiger partial charge >= 0.3 is 0 Å². The Morgan fingerprint density at radius 1 is 0.900 bits per heavy atom. The van der Waals surface area contributed by atoms with E-state index in [0.717, 1.165) is 18.4 Å². The van der Waals surface area contributed by atoms with Crippen LogP contribution in [0.4, 0.5) is 0 Å². The minimum absolute atomic E-state index is 0.0127. The average molecular weight is 412 g/mol. The van der Waals surface area contributed by atoms with E-state index < -0.39 is 12.1 Å². The van der Waals surface area contributed by atoms with Gasteiger partial charge < -0.3 is 15.7 Å². The number of benzene rings is 2. The van der Waals surface area contributed by atoms with Crippen molar-refractivity contribution in [1.82, 2.24) is 15.5 Å². The SMILES string of the molecule is CC(CCc1ccccc1)NC(=O)[C@@H](C)NC(=O)[C@H](Cc1ccc(O)cc1)N(C)C. The van der Waals surface area contributed by atoms with Gasteiger partial charge in [-0.05, 0) is 70.5 Å². The van der Waals surface area contributed by atoms with E-state index >= 15 is 0 Å². The van der Waals surface area contributed by atoms with E-state index in [9.17, 15) is 14.7 Å². The molecule has 6 heteroatoms. The van der Waals surface area contributed by atoms with Crippen molar-refractivity contribution in [2.45, 2.75) is 51.2 Å². The molecule has 2 amide bonds. The molecule has 0 aromatic heterocycles. The number of phenolic OH excluding ortho intramolecular Hbond substituents is 1. The van der Waals surface area contributed by atoms with Crippen LogP contribution in [0.2, 0.25) is 0 Å². The number of hydrogen-bond acceptors (Lipinski definition) is 4. The van der Waals surface area contributed by atoms with E-state index in [1.165, 1.54) is 5.56 Å². The number of nitrogens with zero attached hydrogens (tertiary/aromatic N) is 1. The fourth-order valence-electron chi connectivity index (χ4n) is 3.21. The van der Waals surface area contributed by atoms with Crippen LogP contribution in [0.15, 0.2) is 54.6 Å². The lowest BCUT2D eigenvalue weighted by atomic mass is 10.0. The molecule has 2 aromatic rings. The largest absolute Gasteiger partial charge is 0.508 e. The zero-order valence-corrected chi connectivity index (χ0v) is 18.3. The van der Waals surface area contributed by atoms with Gasteiger partial charge in [0, 0.05) is 6.04 Å². The number of likely N-dealkylation sites (N-methyl/N-ethyl adjacent to an activating group) is 1. The summed E-state index contributed by atoms with van der Waals surface area (Å²) in [4.78, 5) is 27.1. The molecule has 0 bridgehead atoms. The van der Waals surface area contributed by atoms with E-state index in [0.29, 0.717) is 6.42 Å². The third-order valence-corrected chi connectivity index (χ3v) is 5.14. The Balaban J connectivity index is 1.85. The molecule has 0 saturated carbocycles. The van der Waals surface area contributed by atoms with Crippen molar-refractivity contribution in [2.75, 3.05) is 14.1 Å². The molecule has 1 unspecified atom stereocenters. The topological polar surface area (TPSA) is 81.7 Å². The van der Waals surface area contributed by atoms with Crippen molar-refractivity contribution in [2.24, 2.45) is 0 Å². The van der Waals surface area contributed by atoms with Crippen molar-refractivity contribution in [3.8, 4) is 5.75 Å². The van der Waals surface area contributed by atoms with Crippen molar-refractivity contribution in [1.29, 1.82) is 0 Å². The number of amides is 2. The highest BCUT2D eigenvalue weighted by atomic mass is 16.3. The minimum atomic E-state index is -0.626. The molecule has 0 saturated heterocycles. The summed E-state index contributed by atoms with van der Waals surface area (Å²) in [5, 5.41) is 15.2. The molecule has 2 aromatic carbocycles. The van der Waals surface area contributed by atoms with Gasteiger partial charge in [0.25, 0.3) is 0 Å². The van der Waals surface area contributed by atoms with Crippen LogP contribution in [-0.2, 0) is 22.4 Å². The molecule has 0 heterocycles. The van der Waals surface area contributed by atoms with E-state index in [2.05, 4.69) is 22.8 Å². The zero-order valence-electron chi connectivity index (χ0n) is 18.3. The quantitative estimate of drug-likeness (QED) is 0.561. The molecule has 3 N–H and O–H groups in total. The molecule has 0 aliphatic carbocycles. The molecule has 162 valence electrons. The molecule has 0 fully saturated rings. The summed E-state index contributed by atoms with van der Waals surface area (Å²) in [7, 11) is 3.67. The molecule has 0 aliphatic heterocycles. The van der Waals surface area contributed by atoms with Gasteiger partial charge in [-0.25, -0.2) is 0 Å². The first-order valence-corrected chi connectivity index (χ1v) is 10.3. The number of phenols is 1. The van der Waals surface area contributed by atoms with Gasteiger partial charge in [0.2, 0.25) is 11.8 Å². The molecular formula is C24H33N3O3. The number of aromatic hydroxyl groups is 1. The summed E-state index contributed by atoms with van der Waals surface area (Å²) < 4.78 is 0. The highest BCUT2D eigenvalue weighted by Gasteiger charge is 2.25. The molecule has 2 rings (SSSR count). The maximum atomic E-state index is 12.8. The van der Waals surface area contributed by atoms with Gasteiger partial charge in [-0.2, -0.15) is 0 Å². The fourth-order valence-corrected chi connectivity index (χ4v) is 3.21. The Morgan fingerprint density at radius 2 is 1.53 bits per heavy atom. The average Bonchev–Trinajstić information content (AvgIpc) is 2.72. The second kappa shape index (κ2) is 11.4. The third kappa shape index (κ3) is 7.52. The minimum Gasteiger partial charge on any atom is -0.508 e. The van der Waals surface area contributed by atoms with Crippen molar-refractivity contribution in [3.05, 3.63) is 65.7 Å². The van der Waals surface area contributed by atoms with Gasteiger partial charge in [0.15, 0.2) is 0 Å². The Kier molecular flexibility index (Phi) is 8.87. The highest BCUT2D eigenvalue weighted by Crippen LogP contribution is 2.13. The van der Waals surface area contributed by atoms with Crippen LogP contribution < -0.4 is 10.6 Å². The van der Waals surface area contributed by atoms with Gasteiger partial charge in [0.1, 0.15) is 11.8 Å². The summed E-state index contributed by atoms with van der Waals surface area (Å²) in [6, 6.07) is 15.9. The Bertz CT molecular complexity index is 806. The predicted molar refractivity (Wildman–Crippen MR) is 119 cm³/mol. The normalized spacial score (nSPS) is 14.0. The third-order valence-electron chi connectivity index (χ3n) is 5.14. The van der Waals surface area contributed by atoms with Crippen LogP contribution in [0, 0.1) is 0 Å². The van der Waals surface area contributed by atoms with E-state index in [-0.39, 0.29) is 23.6 Å². The molecule has 30 heavy (non-hydrogen) atoms. The molecule has 3 atom stereocenters. The maximum Gasteiger partial charge on any atom is 0.242 e. The number of nitrogens with one attached hydrogen (secondary N) is 2. The second-order valence-electron chi connectivity index (χ2n) is 8.01. The molecule has 0 radical (unpaired) electrons. The van der Waals surface area contributed by atoms with Crippen LogP contribution in [0.1, 0.15) is 31.4 Å². The number of carbonyl (C=O) groups excluding carboxylic acids is 2. The summed E-state index contributed by atoms with van der Waals surface area (Å²) in [5.74, 6) is -0.199. The van der Waals surface area contributed by atoms with Crippen molar-refractivity contribution in [3.63, 3.8) is 0 Å². The van der Waals surface area contributed by atoms with Crippen LogP contribution in [-0.4, -0.2) is 54.0 Å². The number of rotatable bonds is 10. The molecular weight excluding hydrogens is 378 g/mol. The first-order valence-electron chi connectivity index (χ1n) is 10.3. The molecule has 0 spiro atoms. The van der Waals surface area contributed by atoms with Gasteiger partial charge in [0.05, 0.1) is 6.04 Å². The van der Waals surface area contributed by atoms with Gasteiger partial charge in [-0.15, -0.1) is 0 Å². The summed E-state index contributed by atoms with van der Waals surface area (Å²) >= 11 is 0. The van der Waals surface area contributed by atoms with Crippen LogP contribution in [0.25, 0.3) is 0 Å². The lowest BCUT2D eigenvalue weighted by Gasteiger charge is -2.26. The summed E-state index contributed by atoms with van der Waals surface area (Å²) in [5.41, 5.74) is 2.18. The van der Waals surface area contributed by atoms with Gasteiger partial charge in [-0.3, -0.25) is 14.5 Å². The number of hydrogen-bond donors (Lipinski definition) is 3. The van der Waals surface area contributed by atoms with Crippen molar-refractivity contribution < 1.29 is 14.7 Å². The Hall–Kier alpha value is -2.86. The predicted octanol–water partition coefficient (Wildman–Crippen LogP) is 2.51. The highest BCUT2D eigenvalue weighted by molar-refractivity contribution is 5.89. The van der Waals surface area contributed by atoms with E-state index in [4.69, 9.17) is 0 Å². The van der Waals surface area contributed by atoms with Crippen LogP contribution in [0.3, 0.4) is 0 Å². The molecule has 0 aliphatic rings. The van der Waals surface area contributed by atoms with E-state index in [1.807, 2.05) is 44.1 Å².